The van der Waals surface area contributed by atoms with Crippen LogP contribution in [0.3, 0.4) is 0 Å². The van der Waals surface area contributed by atoms with Gasteiger partial charge in [0.1, 0.15) is 25.6 Å². The van der Waals surface area contributed by atoms with E-state index >= 15 is 0 Å². The molecular weight excluding hydrogens is 399 g/mol. The molecule has 156 valence electrons. The number of amides is 1. The Morgan fingerprint density at radius 1 is 1.10 bits per heavy atom. The highest BCUT2D eigenvalue weighted by atomic mass is 32.2. The third kappa shape index (κ3) is 4.97. The molecule has 0 aromatic heterocycles. The number of halogens is 1. The molecule has 7 nitrogen and oxygen atoms in total. The van der Waals surface area contributed by atoms with Gasteiger partial charge in [-0.2, -0.15) is 0 Å². The number of benzene rings is 2. The Hall–Kier alpha value is -2.81. The second kappa shape index (κ2) is 9.13. The van der Waals surface area contributed by atoms with Gasteiger partial charge < -0.3 is 14.8 Å². The van der Waals surface area contributed by atoms with Crippen LogP contribution in [-0.2, 0) is 14.8 Å². The quantitative estimate of drug-likeness (QED) is 0.662. The van der Waals surface area contributed by atoms with Crippen LogP contribution in [0.4, 0.5) is 10.1 Å². The number of hydrogen-bond donors (Lipinski definition) is 1. The first-order chi connectivity index (χ1) is 13.9. The fourth-order valence-corrected chi connectivity index (χ4v) is 4.26. The standard InChI is InChI=1S/C20H23FN2O5S/c1-2-3-10-22-20(24)14-23(16-6-4-15(21)5-7-16)29(25,26)17-8-9-18-19(13-17)28-12-11-27-18/h4-9,13H,2-3,10-12,14H2,1H3,(H,22,24). The molecule has 0 atom stereocenters. The Kier molecular flexibility index (Phi) is 6.58. The van der Waals surface area contributed by atoms with E-state index in [9.17, 15) is 17.6 Å². The van der Waals surface area contributed by atoms with Gasteiger partial charge in [0.25, 0.3) is 10.0 Å². The van der Waals surface area contributed by atoms with Crippen molar-refractivity contribution >= 4 is 21.6 Å². The summed E-state index contributed by atoms with van der Waals surface area (Å²) in [5.41, 5.74) is 0.187. The number of rotatable bonds is 8. The number of ether oxygens (including phenoxy) is 2. The highest BCUT2D eigenvalue weighted by Crippen LogP contribution is 2.34. The Balaban J connectivity index is 1.93. The largest absolute Gasteiger partial charge is 0.486 e. The lowest BCUT2D eigenvalue weighted by Crippen LogP contribution is -2.41. The molecule has 0 unspecified atom stereocenters. The summed E-state index contributed by atoms with van der Waals surface area (Å²) in [6.07, 6.45) is 1.69. The Labute approximate surface area is 169 Å². The van der Waals surface area contributed by atoms with Gasteiger partial charge >= 0.3 is 0 Å². The summed E-state index contributed by atoms with van der Waals surface area (Å²) in [6, 6.07) is 9.23. The summed E-state index contributed by atoms with van der Waals surface area (Å²) in [5.74, 6) is -0.161. The zero-order valence-corrected chi connectivity index (χ0v) is 16.9. The van der Waals surface area contributed by atoms with Crippen molar-refractivity contribution in [3.05, 3.63) is 48.3 Å². The average molecular weight is 422 g/mol. The van der Waals surface area contributed by atoms with Crippen LogP contribution < -0.4 is 19.1 Å². The summed E-state index contributed by atoms with van der Waals surface area (Å²) < 4.78 is 51.9. The van der Waals surface area contributed by atoms with Crippen LogP contribution >= 0.6 is 0 Å². The summed E-state index contributed by atoms with van der Waals surface area (Å²) >= 11 is 0. The van der Waals surface area contributed by atoms with Crippen molar-refractivity contribution in [3.8, 4) is 11.5 Å². The number of nitrogens with one attached hydrogen (secondary N) is 1. The minimum atomic E-state index is -4.11. The van der Waals surface area contributed by atoms with Gasteiger partial charge in [-0.3, -0.25) is 9.10 Å². The first kappa shape index (κ1) is 20.9. The molecule has 0 spiro atoms. The van der Waals surface area contributed by atoms with Gasteiger partial charge in [0, 0.05) is 12.6 Å². The molecular formula is C20H23FN2O5S. The molecule has 0 saturated heterocycles. The van der Waals surface area contributed by atoms with Crippen molar-refractivity contribution in [1.29, 1.82) is 0 Å². The molecule has 2 aromatic carbocycles. The molecule has 0 fully saturated rings. The van der Waals surface area contributed by atoms with E-state index in [-0.39, 0.29) is 10.6 Å². The van der Waals surface area contributed by atoms with E-state index in [2.05, 4.69) is 5.32 Å². The second-order valence-electron chi connectivity index (χ2n) is 6.50. The van der Waals surface area contributed by atoms with Crippen molar-refractivity contribution in [2.45, 2.75) is 24.7 Å². The molecule has 0 aliphatic carbocycles. The molecule has 9 heteroatoms. The Morgan fingerprint density at radius 3 is 2.48 bits per heavy atom. The number of sulfonamides is 1. The zero-order valence-electron chi connectivity index (χ0n) is 16.1. The van der Waals surface area contributed by atoms with Crippen LogP contribution in [0.2, 0.25) is 0 Å². The van der Waals surface area contributed by atoms with Gasteiger partial charge in [-0.15, -0.1) is 0 Å². The number of unbranched alkanes of at least 4 members (excludes halogenated alkanes) is 1. The van der Waals surface area contributed by atoms with E-state index in [1.165, 1.54) is 30.3 Å². The molecule has 0 bridgehead atoms. The van der Waals surface area contributed by atoms with E-state index in [1.54, 1.807) is 0 Å². The van der Waals surface area contributed by atoms with Crippen LogP contribution in [-0.4, -0.2) is 40.6 Å². The third-order valence-corrected chi connectivity index (χ3v) is 6.13. The molecule has 1 amide bonds. The van der Waals surface area contributed by atoms with Gasteiger partial charge in [-0.1, -0.05) is 13.3 Å². The molecule has 3 rings (SSSR count). The van der Waals surface area contributed by atoms with Crippen LogP contribution in [0.25, 0.3) is 0 Å². The maximum atomic E-state index is 13.3. The summed E-state index contributed by atoms with van der Waals surface area (Å²) in [4.78, 5) is 12.3. The van der Waals surface area contributed by atoms with Gasteiger partial charge in [0.05, 0.1) is 10.6 Å². The number of fused-ring (bicyclic) bond motifs is 1. The summed E-state index contributed by atoms with van der Waals surface area (Å²) in [6.45, 7) is 2.73. The highest BCUT2D eigenvalue weighted by Gasteiger charge is 2.29. The minimum Gasteiger partial charge on any atom is -0.486 e. The van der Waals surface area contributed by atoms with Crippen molar-refractivity contribution in [2.75, 3.05) is 30.6 Å². The van der Waals surface area contributed by atoms with E-state index in [0.29, 0.717) is 31.3 Å². The number of anilines is 1. The van der Waals surface area contributed by atoms with Crippen LogP contribution in [0.15, 0.2) is 47.4 Å². The normalized spacial score (nSPS) is 13.0. The fraction of sp³-hybridized carbons (Fsp3) is 0.350. The maximum Gasteiger partial charge on any atom is 0.264 e. The summed E-state index contributed by atoms with van der Waals surface area (Å²) in [5, 5.41) is 2.70. The minimum absolute atomic E-state index is 0.0487. The fourth-order valence-electron chi connectivity index (χ4n) is 2.82. The SMILES string of the molecule is CCCCNC(=O)CN(c1ccc(F)cc1)S(=O)(=O)c1ccc2c(c1)OCCO2. The van der Waals surface area contributed by atoms with Crippen LogP contribution in [0, 0.1) is 5.82 Å². The topological polar surface area (TPSA) is 84.9 Å². The highest BCUT2D eigenvalue weighted by molar-refractivity contribution is 7.92. The van der Waals surface area contributed by atoms with E-state index in [0.717, 1.165) is 29.3 Å². The van der Waals surface area contributed by atoms with Gasteiger partial charge in [-0.25, -0.2) is 12.8 Å². The second-order valence-corrected chi connectivity index (χ2v) is 8.36. The molecule has 1 aliphatic heterocycles. The Morgan fingerprint density at radius 2 is 1.79 bits per heavy atom. The first-order valence-electron chi connectivity index (χ1n) is 9.36. The third-order valence-electron chi connectivity index (χ3n) is 4.36. The predicted octanol–water partition coefficient (Wildman–Crippen LogP) is 2.71. The number of carbonyl (C=O) groups is 1. The predicted molar refractivity (Wildman–Crippen MR) is 106 cm³/mol. The van der Waals surface area contributed by atoms with E-state index in [4.69, 9.17) is 9.47 Å². The van der Waals surface area contributed by atoms with E-state index < -0.39 is 28.3 Å². The molecule has 1 aliphatic rings. The van der Waals surface area contributed by atoms with Gasteiger partial charge in [0.2, 0.25) is 5.91 Å². The first-order valence-corrected chi connectivity index (χ1v) is 10.8. The lowest BCUT2D eigenvalue weighted by molar-refractivity contribution is -0.119. The van der Waals surface area contributed by atoms with Crippen molar-refractivity contribution in [1.82, 2.24) is 5.32 Å². The molecule has 1 N–H and O–H groups in total. The maximum absolute atomic E-state index is 13.3. The number of nitrogens with zero attached hydrogens (tertiary/aromatic N) is 1. The van der Waals surface area contributed by atoms with Gasteiger partial charge in [-0.05, 0) is 42.8 Å². The lowest BCUT2D eigenvalue weighted by Gasteiger charge is -2.25. The number of hydrogen-bond acceptors (Lipinski definition) is 5. The Bertz CT molecular complexity index is 963. The number of carbonyl (C=O) groups excluding carboxylic acids is 1. The van der Waals surface area contributed by atoms with Crippen molar-refractivity contribution in [2.24, 2.45) is 0 Å². The summed E-state index contributed by atoms with van der Waals surface area (Å²) in [7, 11) is -4.11. The van der Waals surface area contributed by atoms with E-state index in [1.807, 2.05) is 6.92 Å². The smallest absolute Gasteiger partial charge is 0.264 e. The van der Waals surface area contributed by atoms with Crippen LogP contribution in [0.1, 0.15) is 19.8 Å². The molecule has 1 heterocycles. The lowest BCUT2D eigenvalue weighted by atomic mass is 10.3. The zero-order chi connectivity index (χ0) is 20.9. The molecule has 0 saturated carbocycles. The van der Waals surface area contributed by atoms with Crippen molar-refractivity contribution in [3.63, 3.8) is 0 Å². The molecule has 2 aromatic rings. The molecule has 29 heavy (non-hydrogen) atoms. The van der Waals surface area contributed by atoms with Gasteiger partial charge in [0.15, 0.2) is 11.5 Å². The molecule has 0 radical (unpaired) electrons. The average Bonchev–Trinajstić information content (AvgIpc) is 2.72. The van der Waals surface area contributed by atoms with Crippen LogP contribution in [0.5, 0.6) is 11.5 Å². The monoisotopic (exact) mass is 422 g/mol. The van der Waals surface area contributed by atoms with Crippen molar-refractivity contribution < 1.29 is 27.1 Å².